The molecule has 18 heavy (non-hydrogen) atoms. The lowest BCUT2D eigenvalue weighted by molar-refractivity contribution is 0.00244. The molecule has 1 fully saturated rings. The van der Waals surface area contributed by atoms with Crippen molar-refractivity contribution >= 4 is 0 Å². The number of nitrogens with two attached hydrogens (primary N) is 1. The highest BCUT2D eigenvalue weighted by atomic mass is 16.5. The van der Waals surface area contributed by atoms with Gasteiger partial charge in [0.1, 0.15) is 0 Å². The lowest BCUT2D eigenvalue weighted by atomic mass is 9.72. The lowest BCUT2D eigenvalue weighted by Gasteiger charge is -2.49. The van der Waals surface area contributed by atoms with Gasteiger partial charge in [-0.3, -0.25) is 4.90 Å². The van der Waals surface area contributed by atoms with E-state index in [0.717, 1.165) is 25.0 Å². The summed E-state index contributed by atoms with van der Waals surface area (Å²) in [6.45, 7) is 8.47. The Morgan fingerprint density at radius 3 is 2.22 bits per heavy atom. The fraction of sp³-hybridized carbons (Fsp3) is 1.00. The van der Waals surface area contributed by atoms with Gasteiger partial charge in [-0.1, -0.05) is 13.8 Å². The van der Waals surface area contributed by atoms with Gasteiger partial charge < -0.3 is 10.5 Å². The summed E-state index contributed by atoms with van der Waals surface area (Å²) in [4.78, 5) is 2.47. The van der Waals surface area contributed by atoms with Gasteiger partial charge in [-0.25, -0.2) is 0 Å². The maximum absolute atomic E-state index is 6.11. The Balaban J connectivity index is 2.65. The molecule has 2 N–H and O–H groups in total. The summed E-state index contributed by atoms with van der Waals surface area (Å²) >= 11 is 0. The average molecular weight is 256 g/mol. The number of ether oxygens (including phenoxy) is 1. The van der Waals surface area contributed by atoms with Crippen LogP contribution >= 0.6 is 0 Å². The van der Waals surface area contributed by atoms with Crippen molar-refractivity contribution in [3.8, 4) is 0 Å². The first-order chi connectivity index (χ1) is 8.46. The predicted molar refractivity (Wildman–Crippen MR) is 77.7 cm³/mol. The maximum atomic E-state index is 6.11. The average Bonchev–Trinajstić information content (AvgIpc) is 2.38. The van der Waals surface area contributed by atoms with Crippen molar-refractivity contribution < 1.29 is 4.74 Å². The zero-order chi connectivity index (χ0) is 13.8. The summed E-state index contributed by atoms with van der Waals surface area (Å²) in [6.07, 6.45) is 5.10. The molecule has 108 valence electrons. The Hall–Kier alpha value is -0.120. The summed E-state index contributed by atoms with van der Waals surface area (Å²) in [5.74, 6) is 1.69. The minimum atomic E-state index is 0.198. The topological polar surface area (TPSA) is 38.5 Å². The fourth-order valence-electron chi connectivity index (χ4n) is 3.37. The Kier molecular flexibility index (Phi) is 6.09. The monoisotopic (exact) mass is 256 g/mol. The Labute approximate surface area is 113 Å². The van der Waals surface area contributed by atoms with Gasteiger partial charge in [-0.15, -0.1) is 0 Å². The highest BCUT2D eigenvalue weighted by Crippen LogP contribution is 2.39. The molecule has 1 rings (SSSR count). The summed E-state index contributed by atoms with van der Waals surface area (Å²) in [6, 6.07) is 0.439. The number of nitrogens with zero attached hydrogens (tertiary/aromatic N) is 1. The molecule has 0 radical (unpaired) electrons. The van der Waals surface area contributed by atoms with E-state index in [1.165, 1.54) is 25.7 Å². The van der Waals surface area contributed by atoms with Crippen molar-refractivity contribution in [3.63, 3.8) is 0 Å². The molecule has 0 aromatic heterocycles. The second kappa shape index (κ2) is 6.88. The van der Waals surface area contributed by atoms with Crippen LogP contribution < -0.4 is 5.73 Å². The summed E-state index contributed by atoms with van der Waals surface area (Å²) in [7, 11) is 3.99. The smallest absolute Gasteiger partial charge is 0.0615 e. The molecule has 1 unspecified atom stereocenters. The molecule has 0 heterocycles. The standard InChI is InChI=1S/C15H32N2O/c1-12(2)14-6-8-15(11-16,9-7-14)17(4)13(3)10-18-5/h12-14H,6-11,16H2,1-5H3. The van der Waals surface area contributed by atoms with Crippen LogP contribution in [-0.2, 0) is 4.74 Å². The first-order valence-corrected chi connectivity index (χ1v) is 7.38. The molecule has 1 aliphatic carbocycles. The quantitative estimate of drug-likeness (QED) is 0.793. The third-order valence-electron chi connectivity index (χ3n) is 5.10. The van der Waals surface area contributed by atoms with Crippen LogP contribution in [0.2, 0.25) is 0 Å². The van der Waals surface area contributed by atoms with E-state index in [0.29, 0.717) is 6.04 Å². The summed E-state index contributed by atoms with van der Waals surface area (Å²) in [5.41, 5.74) is 6.31. The molecule has 3 nitrogen and oxygen atoms in total. The third-order valence-corrected chi connectivity index (χ3v) is 5.10. The molecule has 0 aromatic carbocycles. The number of hydrogen-bond donors (Lipinski definition) is 1. The molecular weight excluding hydrogens is 224 g/mol. The van der Waals surface area contributed by atoms with Gasteiger partial charge in [-0.05, 0) is 51.5 Å². The largest absolute Gasteiger partial charge is 0.383 e. The third kappa shape index (κ3) is 3.46. The molecule has 0 aromatic rings. The molecular formula is C15H32N2O. The van der Waals surface area contributed by atoms with E-state index >= 15 is 0 Å². The van der Waals surface area contributed by atoms with Gasteiger partial charge in [0.15, 0.2) is 0 Å². The summed E-state index contributed by atoms with van der Waals surface area (Å²) < 4.78 is 5.28. The zero-order valence-electron chi connectivity index (χ0n) is 12.9. The van der Waals surface area contributed by atoms with Crippen LogP contribution in [-0.4, -0.2) is 43.8 Å². The molecule has 0 bridgehead atoms. The van der Waals surface area contributed by atoms with E-state index in [2.05, 4.69) is 32.7 Å². The number of hydrogen-bond acceptors (Lipinski definition) is 3. The number of likely N-dealkylation sites (N-methyl/N-ethyl adjacent to an activating group) is 1. The SMILES string of the molecule is COCC(C)N(C)C1(CN)CCC(C(C)C)CC1. The summed E-state index contributed by atoms with van der Waals surface area (Å²) in [5, 5.41) is 0. The van der Waals surface area contributed by atoms with Crippen LogP contribution in [0.25, 0.3) is 0 Å². The first kappa shape index (κ1) is 15.9. The van der Waals surface area contributed by atoms with Gasteiger partial charge in [0.25, 0.3) is 0 Å². The fourth-order valence-corrected chi connectivity index (χ4v) is 3.37. The van der Waals surface area contributed by atoms with Crippen LogP contribution in [0.3, 0.4) is 0 Å². The highest BCUT2D eigenvalue weighted by Gasteiger charge is 2.39. The Bertz CT molecular complexity index is 235. The molecule has 0 aliphatic heterocycles. The normalized spacial score (nSPS) is 31.0. The van der Waals surface area contributed by atoms with Crippen molar-refractivity contribution in [3.05, 3.63) is 0 Å². The van der Waals surface area contributed by atoms with Crippen molar-refractivity contribution in [2.45, 2.75) is 58.0 Å². The van der Waals surface area contributed by atoms with Crippen LogP contribution in [0.4, 0.5) is 0 Å². The molecule has 0 saturated heterocycles. The maximum Gasteiger partial charge on any atom is 0.0615 e. The Morgan fingerprint density at radius 2 is 1.83 bits per heavy atom. The van der Waals surface area contributed by atoms with Gasteiger partial charge in [0.2, 0.25) is 0 Å². The van der Waals surface area contributed by atoms with E-state index in [9.17, 15) is 0 Å². The van der Waals surface area contributed by atoms with Crippen molar-refractivity contribution in [1.82, 2.24) is 4.90 Å². The highest BCUT2D eigenvalue weighted by molar-refractivity contribution is 4.96. The van der Waals surface area contributed by atoms with E-state index in [4.69, 9.17) is 10.5 Å². The second-order valence-electron chi connectivity index (χ2n) is 6.43. The minimum absolute atomic E-state index is 0.198. The molecule has 1 aliphatic rings. The molecule has 1 atom stereocenters. The van der Waals surface area contributed by atoms with Crippen molar-refractivity contribution in [2.75, 3.05) is 27.3 Å². The number of methoxy groups -OCH3 is 1. The number of rotatable bonds is 6. The first-order valence-electron chi connectivity index (χ1n) is 7.38. The van der Waals surface area contributed by atoms with Gasteiger partial charge in [0, 0.05) is 25.2 Å². The van der Waals surface area contributed by atoms with Crippen LogP contribution in [0, 0.1) is 11.8 Å². The second-order valence-corrected chi connectivity index (χ2v) is 6.43. The van der Waals surface area contributed by atoms with Crippen LogP contribution in [0.5, 0.6) is 0 Å². The predicted octanol–water partition coefficient (Wildman–Crippen LogP) is 2.50. The molecule has 3 heteroatoms. The van der Waals surface area contributed by atoms with Crippen LogP contribution in [0.1, 0.15) is 46.5 Å². The van der Waals surface area contributed by atoms with Crippen LogP contribution in [0.15, 0.2) is 0 Å². The molecule has 0 spiro atoms. The van der Waals surface area contributed by atoms with E-state index in [-0.39, 0.29) is 5.54 Å². The van der Waals surface area contributed by atoms with Gasteiger partial charge in [0.05, 0.1) is 6.61 Å². The lowest BCUT2D eigenvalue weighted by Crippen LogP contribution is -2.58. The van der Waals surface area contributed by atoms with Crippen molar-refractivity contribution in [2.24, 2.45) is 17.6 Å². The van der Waals surface area contributed by atoms with E-state index in [1.807, 2.05) is 0 Å². The molecule has 0 amide bonds. The minimum Gasteiger partial charge on any atom is -0.383 e. The van der Waals surface area contributed by atoms with Crippen molar-refractivity contribution in [1.29, 1.82) is 0 Å². The molecule has 1 saturated carbocycles. The van der Waals surface area contributed by atoms with E-state index in [1.54, 1.807) is 7.11 Å². The van der Waals surface area contributed by atoms with E-state index < -0.39 is 0 Å². The van der Waals surface area contributed by atoms with Gasteiger partial charge >= 0.3 is 0 Å². The zero-order valence-corrected chi connectivity index (χ0v) is 12.9. The Morgan fingerprint density at radius 1 is 1.28 bits per heavy atom. The van der Waals surface area contributed by atoms with Gasteiger partial charge in [-0.2, -0.15) is 0 Å².